The topological polar surface area (TPSA) is 49.3 Å². The molecule has 2 rings (SSSR count). The second kappa shape index (κ2) is 7.75. The molecular weight excluding hydrogens is 323 g/mol. The number of aromatic nitrogens is 1. The molecular formula is C18H25FN4S. The average molecular weight is 348 g/mol. The maximum atomic E-state index is 13.6. The van der Waals surface area contributed by atoms with Crippen LogP contribution in [0.1, 0.15) is 42.6 Å². The molecule has 0 amide bonds. The number of halogens is 1. The summed E-state index contributed by atoms with van der Waals surface area (Å²) < 4.78 is 13.6. The lowest BCUT2D eigenvalue weighted by Gasteiger charge is -2.14. The summed E-state index contributed by atoms with van der Waals surface area (Å²) in [6.07, 6.45) is 0. The number of hydrogen-bond donors (Lipinski definition) is 2. The molecule has 6 heteroatoms. The number of hydrogen-bond acceptors (Lipinski definition) is 3. The van der Waals surface area contributed by atoms with Gasteiger partial charge < -0.3 is 10.6 Å². The third-order valence-electron chi connectivity index (χ3n) is 3.55. The Kier molecular flexibility index (Phi) is 5.94. The zero-order valence-electron chi connectivity index (χ0n) is 14.9. The van der Waals surface area contributed by atoms with Gasteiger partial charge in [0.05, 0.1) is 17.2 Å². The highest BCUT2D eigenvalue weighted by molar-refractivity contribution is 7.09. The van der Waals surface area contributed by atoms with Crippen molar-refractivity contribution in [3.8, 4) is 0 Å². The van der Waals surface area contributed by atoms with Gasteiger partial charge in [0.2, 0.25) is 0 Å². The van der Waals surface area contributed by atoms with Gasteiger partial charge in [-0.15, -0.1) is 11.3 Å². The summed E-state index contributed by atoms with van der Waals surface area (Å²) in [6.45, 7) is 9.35. The number of rotatable bonds is 4. The molecule has 0 bridgehead atoms. The molecule has 2 N–H and O–H groups in total. The van der Waals surface area contributed by atoms with Crippen LogP contribution < -0.4 is 10.6 Å². The number of nitrogens with one attached hydrogen (secondary N) is 2. The van der Waals surface area contributed by atoms with Gasteiger partial charge in [0.1, 0.15) is 5.82 Å². The van der Waals surface area contributed by atoms with Crippen molar-refractivity contribution < 1.29 is 4.39 Å². The number of aryl methyl sites for hydroxylation is 1. The van der Waals surface area contributed by atoms with Crippen LogP contribution in [0.5, 0.6) is 0 Å². The minimum absolute atomic E-state index is 0.0678. The van der Waals surface area contributed by atoms with Crippen molar-refractivity contribution in [1.29, 1.82) is 0 Å². The smallest absolute Gasteiger partial charge is 0.191 e. The monoisotopic (exact) mass is 348 g/mol. The van der Waals surface area contributed by atoms with Crippen LogP contribution in [0.25, 0.3) is 0 Å². The van der Waals surface area contributed by atoms with Crippen LogP contribution in [0.3, 0.4) is 0 Å². The van der Waals surface area contributed by atoms with E-state index in [0.29, 0.717) is 24.6 Å². The van der Waals surface area contributed by atoms with Crippen molar-refractivity contribution in [3.63, 3.8) is 0 Å². The second-order valence-electron chi connectivity index (χ2n) is 6.76. The van der Waals surface area contributed by atoms with E-state index in [1.54, 1.807) is 37.4 Å². The standard InChI is InChI=1S/C18H25FN4S/c1-12-6-7-13(8-15(12)19)9-21-17(20-5)22-10-14-11-24-16(23-14)18(2,3)4/h6-8,11H,9-10H2,1-5H3,(H2,20,21,22). The second-order valence-corrected chi connectivity index (χ2v) is 7.61. The van der Waals surface area contributed by atoms with Gasteiger partial charge in [-0.2, -0.15) is 0 Å². The molecule has 0 saturated heterocycles. The third kappa shape index (κ3) is 5.03. The highest BCUT2D eigenvalue weighted by atomic mass is 32.1. The largest absolute Gasteiger partial charge is 0.352 e. The van der Waals surface area contributed by atoms with E-state index in [-0.39, 0.29) is 11.2 Å². The normalized spacial score (nSPS) is 12.3. The molecule has 0 aliphatic carbocycles. The van der Waals surface area contributed by atoms with Crippen LogP contribution in [-0.2, 0) is 18.5 Å². The SMILES string of the molecule is CN=C(NCc1ccc(C)c(F)c1)NCc1csc(C(C)(C)C)n1. The number of benzene rings is 1. The summed E-state index contributed by atoms with van der Waals surface area (Å²) in [7, 11) is 1.71. The first-order valence-electron chi connectivity index (χ1n) is 7.94. The summed E-state index contributed by atoms with van der Waals surface area (Å²) in [5.41, 5.74) is 2.59. The Bertz CT molecular complexity index is 716. The first-order chi connectivity index (χ1) is 11.3. The summed E-state index contributed by atoms with van der Waals surface area (Å²) in [6, 6.07) is 5.24. The van der Waals surface area contributed by atoms with Crippen molar-refractivity contribution in [2.75, 3.05) is 7.05 Å². The minimum Gasteiger partial charge on any atom is -0.352 e. The highest BCUT2D eigenvalue weighted by Gasteiger charge is 2.17. The summed E-state index contributed by atoms with van der Waals surface area (Å²) in [5, 5.41) is 9.61. The van der Waals surface area contributed by atoms with E-state index in [4.69, 9.17) is 0 Å². The first-order valence-corrected chi connectivity index (χ1v) is 8.82. The summed E-state index contributed by atoms with van der Waals surface area (Å²) >= 11 is 1.68. The van der Waals surface area contributed by atoms with Gasteiger partial charge in [0, 0.05) is 24.4 Å². The predicted octanol–water partition coefficient (Wildman–Crippen LogP) is 3.75. The van der Waals surface area contributed by atoms with E-state index in [1.807, 2.05) is 6.07 Å². The van der Waals surface area contributed by atoms with E-state index < -0.39 is 0 Å². The molecule has 0 spiro atoms. The molecule has 0 unspecified atom stereocenters. The van der Waals surface area contributed by atoms with Gasteiger partial charge in [-0.1, -0.05) is 32.9 Å². The quantitative estimate of drug-likeness (QED) is 0.653. The Hall–Kier alpha value is -1.95. The molecule has 2 aromatic rings. The average Bonchev–Trinajstić information content (AvgIpc) is 3.00. The Morgan fingerprint density at radius 3 is 2.54 bits per heavy atom. The molecule has 0 aliphatic heterocycles. The van der Waals surface area contributed by atoms with Crippen LogP contribution in [0.15, 0.2) is 28.6 Å². The number of guanidine groups is 1. The summed E-state index contributed by atoms with van der Waals surface area (Å²) in [4.78, 5) is 8.84. The first kappa shape index (κ1) is 18.4. The van der Waals surface area contributed by atoms with E-state index in [2.05, 4.69) is 46.8 Å². The molecule has 1 aromatic carbocycles. The van der Waals surface area contributed by atoms with E-state index in [0.717, 1.165) is 16.3 Å². The van der Waals surface area contributed by atoms with Crippen molar-refractivity contribution in [1.82, 2.24) is 15.6 Å². The molecule has 0 radical (unpaired) electrons. The summed E-state index contributed by atoms with van der Waals surface area (Å²) in [5.74, 6) is 0.482. The van der Waals surface area contributed by atoms with Gasteiger partial charge in [0.25, 0.3) is 0 Å². The van der Waals surface area contributed by atoms with Crippen LogP contribution in [0.2, 0.25) is 0 Å². The highest BCUT2D eigenvalue weighted by Crippen LogP contribution is 2.25. The minimum atomic E-state index is -0.186. The third-order valence-corrected chi connectivity index (χ3v) is 4.87. The fourth-order valence-corrected chi connectivity index (χ4v) is 2.97. The molecule has 0 saturated carbocycles. The molecule has 4 nitrogen and oxygen atoms in total. The van der Waals surface area contributed by atoms with E-state index in [9.17, 15) is 4.39 Å². The van der Waals surface area contributed by atoms with Crippen LogP contribution in [0.4, 0.5) is 4.39 Å². The van der Waals surface area contributed by atoms with Crippen molar-refractivity contribution >= 4 is 17.3 Å². The van der Waals surface area contributed by atoms with Gasteiger partial charge in [-0.3, -0.25) is 4.99 Å². The molecule has 0 atom stereocenters. The lowest BCUT2D eigenvalue weighted by Crippen LogP contribution is -2.36. The van der Waals surface area contributed by atoms with Crippen LogP contribution in [0, 0.1) is 12.7 Å². The molecule has 0 aliphatic rings. The lowest BCUT2D eigenvalue weighted by molar-refractivity contribution is 0.582. The Balaban J connectivity index is 1.88. The lowest BCUT2D eigenvalue weighted by atomic mass is 9.98. The van der Waals surface area contributed by atoms with Crippen molar-refractivity contribution in [2.45, 2.75) is 46.2 Å². The maximum absolute atomic E-state index is 13.6. The molecule has 1 heterocycles. The Morgan fingerprint density at radius 1 is 1.25 bits per heavy atom. The van der Waals surface area contributed by atoms with Gasteiger partial charge in [-0.25, -0.2) is 9.37 Å². The molecule has 24 heavy (non-hydrogen) atoms. The fourth-order valence-electron chi connectivity index (χ4n) is 2.06. The number of aliphatic imine (C=N–C) groups is 1. The predicted molar refractivity (Wildman–Crippen MR) is 99.0 cm³/mol. The number of nitrogens with zero attached hydrogens (tertiary/aromatic N) is 2. The maximum Gasteiger partial charge on any atom is 0.191 e. The van der Waals surface area contributed by atoms with Crippen molar-refractivity contribution in [3.05, 3.63) is 51.2 Å². The van der Waals surface area contributed by atoms with Gasteiger partial charge in [-0.05, 0) is 24.1 Å². The Morgan fingerprint density at radius 2 is 1.96 bits per heavy atom. The zero-order chi connectivity index (χ0) is 17.7. The van der Waals surface area contributed by atoms with Gasteiger partial charge in [0.15, 0.2) is 5.96 Å². The fraction of sp³-hybridized carbons (Fsp3) is 0.444. The van der Waals surface area contributed by atoms with Gasteiger partial charge >= 0.3 is 0 Å². The molecule has 1 aromatic heterocycles. The van der Waals surface area contributed by atoms with Crippen molar-refractivity contribution in [2.24, 2.45) is 4.99 Å². The van der Waals surface area contributed by atoms with Crippen LogP contribution in [-0.4, -0.2) is 18.0 Å². The molecule has 130 valence electrons. The molecule has 0 fully saturated rings. The Labute approximate surface area is 147 Å². The van der Waals surface area contributed by atoms with E-state index >= 15 is 0 Å². The van der Waals surface area contributed by atoms with E-state index in [1.165, 1.54) is 0 Å². The van der Waals surface area contributed by atoms with Crippen LogP contribution >= 0.6 is 11.3 Å². The number of thiazole rings is 1. The zero-order valence-corrected chi connectivity index (χ0v) is 15.7.